The number of benzene rings is 1. The van der Waals surface area contributed by atoms with E-state index in [1.54, 1.807) is 7.11 Å². The van der Waals surface area contributed by atoms with Crippen LogP contribution < -0.4 is 10.1 Å². The lowest BCUT2D eigenvalue weighted by atomic mass is 9.97. The summed E-state index contributed by atoms with van der Waals surface area (Å²) in [6, 6.07) is 6.63. The maximum atomic E-state index is 5.53. The van der Waals surface area contributed by atoms with Gasteiger partial charge in [-0.3, -0.25) is 4.68 Å². The zero-order chi connectivity index (χ0) is 14.9. The molecule has 0 fully saturated rings. The number of nitrogens with zero attached hydrogens (tertiary/aromatic N) is 2. The molecule has 4 nitrogen and oxygen atoms in total. The van der Waals surface area contributed by atoms with Gasteiger partial charge in [-0.25, -0.2) is 0 Å². The van der Waals surface area contributed by atoms with E-state index in [4.69, 9.17) is 4.74 Å². The molecular weight excluding hydrogens is 250 g/mol. The fraction of sp³-hybridized carbons (Fsp3) is 0.438. The van der Waals surface area contributed by atoms with E-state index < -0.39 is 0 Å². The Morgan fingerprint density at radius 1 is 1.30 bits per heavy atom. The van der Waals surface area contributed by atoms with Gasteiger partial charge in [0.1, 0.15) is 5.75 Å². The predicted octanol–water partition coefficient (Wildman–Crippen LogP) is 2.99. The Bertz CT molecular complexity index is 616. The minimum atomic E-state index is 0.303. The Morgan fingerprint density at radius 2 is 2.00 bits per heavy atom. The van der Waals surface area contributed by atoms with Gasteiger partial charge >= 0.3 is 0 Å². The third-order valence-electron chi connectivity index (χ3n) is 3.93. The zero-order valence-electron chi connectivity index (χ0n) is 13.1. The van der Waals surface area contributed by atoms with Crippen molar-refractivity contribution in [1.82, 2.24) is 15.1 Å². The van der Waals surface area contributed by atoms with Gasteiger partial charge in [-0.1, -0.05) is 6.07 Å². The monoisotopic (exact) mass is 273 g/mol. The van der Waals surface area contributed by atoms with Crippen LogP contribution in [0.1, 0.15) is 29.9 Å². The van der Waals surface area contributed by atoms with Crippen molar-refractivity contribution >= 4 is 0 Å². The van der Waals surface area contributed by atoms with Crippen molar-refractivity contribution in [3.63, 3.8) is 0 Å². The molecule has 0 aliphatic carbocycles. The average molecular weight is 273 g/mol. The van der Waals surface area contributed by atoms with E-state index in [9.17, 15) is 0 Å². The van der Waals surface area contributed by atoms with Crippen LogP contribution in [0.3, 0.4) is 0 Å². The Hall–Kier alpha value is -1.81. The minimum absolute atomic E-state index is 0.303. The Balaban J connectivity index is 2.64. The Morgan fingerprint density at radius 3 is 2.50 bits per heavy atom. The molecule has 0 saturated carbocycles. The summed E-state index contributed by atoms with van der Waals surface area (Å²) in [7, 11) is 5.65. The molecule has 1 aromatic carbocycles. The van der Waals surface area contributed by atoms with Crippen LogP contribution >= 0.6 is 0 Å². The van der Waals surface area contributed by atoms with Gasteiger partial charge in [-0.05, 0) is 45.5 Å². The van der Waals surface area contributed by atoms with Crippen LogP contribution in [-0.4, -0.2) is 23.9 Å². The van der Waals surface area contributed by atoms with E-state index in [2.05, 4.69) is 36.4 Å². The van der Waals surface area contributed by atoms with Gasteiger partial charge in [-0.2, -0.15) is 5.10 Å². The Kier molecular flexibility index (Phi) is 4.14. The maximum absolute atomic E-state index is 5.53. The Labute approximate surface area is 120 Å². The molecule has 1 atom stereocenters. The molecule has 20 heavy (non-hydrogen) atoms. The first-order chi connectivity index (χ1) is 9.49. The molecule has 108 valence electrons. The molecule has 2 aromatic rings. The molecule has 4 heteroatoms. The smallest absolute Gasteiger partial charge is 0.126 e. The van der Waals surface area contributed by atoms with E-state index in [1.165, 1.54) is 5.56 Å². The second kappa shape index (κ2) is 5.67. The highest BCUT2D eigenvalue weighted by atomic mass is 16.5. The van der Waals surface area contributed by atoms with Gasteiger partial charge in [0, 0.05) is 29.9 Å². The topological polar surface area (TPSA) is 39.1 Å². The van der Waals surface area contributed by atoms with Gasteiger partial charge in [-0.15, -0.1) is 0 Å². The van der Waals surface area contributed by atoms with Crippen molar-refractivity contribution in [1.29, 1.82) is 0 Å². The first-order valence-corrected chi connectivity index (χ1v) is 6.85. The van der Waals surface area contributed by atoms with Crippen molar-refractivity contribution in [3.8, 4) is 16.9 Å². The van der Waals surface area contributed by atoms with Crippen LogP contribution in [-0.2, 0) is 7.05 Å². The molecule has 0 bridgehead atoms. The van der Waals surface area contributed by atoms with Crippen LogP contribution in [0.25, 0.3) is 11.1 Å². The SMILES string of the molecule is CNC(C)c1ccc(OC)c(-c2c(C)nn(C)c2C)c1. The van der Waals surface area contributed by atoms with Crippen LogP contribution in [0.5, 0.6) is 5.75 Å². The molecule has 0 radical (unpaired) electrons. The van der Waals surface area contributed by atoms with Gasteiger partial charge in [0.05, 0.1) is 12.8 Å². The van der Waals surface area contributed by atoms with Crippen molar-refractivity contribution in [2.24, 2.45) is 7.05 Å². The molecular formula is C16H23N3O. The zero-order valence-corrected chi connectivity index (χ0v) is 13.1. The van der Waals surface area contributed by atoms with Crippen molar-refractivity contribution in [2.75, 3.05) is 14.2 Å². The molecule has 1 N–H and O–H groups in total. The average Bonchev–Trinajstić information content (AvgIpc) is 2.70. The summed E-state index contributed by atoms with van der Waals surface area (Å²) in [6.45, 7) is 6.27. The number of hydrogen-bond donors (Lipinski definition) is 1. The first kappa shape index (κ1) is 14.6. The van der Waals surface area contributed by atoms with Crippen molar-refractivity contribution < 1.29 is 4.74 Å². The lowest BCUT2D eigenvalue weighted by Crippen LogP contribution is -2.12. The largest absolute Gasteiger partial charge is 0.496 e. The molecule has 1 unspecified atom stereocenters. The predicted molar refractivity (Wildman–Crippen MR) is 82.1 cm³/mol. The van der Waals surface area contributed by atoms with Crippen LogP contribution in [0.4, 0.5) is 0 Å². The van der Waals surface area contributed by atoms with Gasteiger partial charge in [0.15, 0.2) is 0 Å². The number of hydrogen-bond acceptors (Lipinski definition) is 3. The summed E-state index contributed by atoms with van der Waals surface area (Å²) >= 11 is 0. The van der Waals surface area contributed by atoms with Gasteiger partial charge in [0.25, 0.3) is 0 Å². The highest BCUT2D eigenvalue weighted by Crippen LogP contribution is 2.36. The summed E-state index contributed by atoms with van der Waals surface area (Å²) in [6.07, 6.45) is 0. The standard InChI is InChI=1S/C16H23N3O/c1-10(17-4)13-7-8-15(20-6)14(9-13)16-11(2)18-19(5)12(16)3/h7-10,17H,1-6H3. The number of ether oxygens (including phenoxy) is 1. The second-order valence-corrected chi connectivity index (χ2v) is 5.14. The minimum Gasteiger partial charge on any atom is -0.496 e. The number of aromatic nitrogens is 2. The molecule has 0 aliphatic heterocycles. The summed E-state index contributed by atoms with van der Waals surface area (Å²) < 4.78 is 7.44. The number of rotatable bonds is 4. The van der Waals surface area contributed by atoms with Gasteiger partial charge < -0.3 is 10.1 Å². The molecule has 0 saturated heterocycles. The second-order valence-electron chi connectivity index (χ2n) is 5.14. The lowest BCUT2D eigenvalue weighted by Gasteiger charge is -2.15. The summed E-state index contributed by atoms with van der Waals surface area (Å²) in [5.74, 6) is 0.885. The van der Waals surface area contributed by atoms with Crippen LogP contribution in [0.2, 0.25) is 0 Å². The van der Waals surface area contributed by atoms with Gasteiger partial charge in [0.2, 0.25) is 0 Å². The molecule has 0 amide bonds. The molecule has 1 heterocycles. The van der Waals surface area contributed by atoms with E-state index in [1.807, 2.05) is 31.8 Å². The number of methoxy groups -OCH3 is 1. The summed E-state index contributed by atoms with van der Waals surface area (Å²) in [5, 5.41) is 7.77. The number of nitrogens with one attached hydrogen (secondary N) is 1. The maximum Gasteiger partial charge on any atom is 0.126 e. The fourth-order valence-corrected chi connectivity index (χ4v) is 2.52. The number of aryl methyl sites for hydroxylation is 2. The van der Waals surface area contributed by atoms with Crippen LogP contribution in [0.15, 0.2) is 18.2 Å². The fourth-order valence-electron chi connectivity index (χ4n) is 2.52. The van der Waals surface area contributed by atoms with Crippen molar-refractivity contribution in [2.45, 2.75) is 26.8 Å². The third kappa shape index (κ3) is 2.43. The van der Waals surface area contributed by atoms with E-state index in [0.29, 0.717) is 6.04 Å². The van der Waals surface area contributed by atoms with Crippen LogP contribution in [0, 0.1) is 13.8 Å². The lowest BCUT2D eigenvalue weighted by molar-refractivity contribution is 0.416. The molecule has 1 aromatic heterocycles. The van der Waals surface area contributed by atoms with E-state index in [-0.39, 0.29) is 0 Å². The highest BCUT2D eigenvalue weighted by Gasteiger charge is 2.17. The summed E-state index contributed by atoms with van der Waals surface area (Å²) in [4.78, 5) is 0. The molecule has 0 aliphatic rings. The highest BCUT2D eigenvalue weighted by molar-refractivity contribution is 5.75. The van der Waals surface area contributed by atoms with Crippen molar-refractivity contribution in [3.05, 3.63) is 35.2 Å². The van der Waals surface area contributed by atoms with E-state index in [0.717, 1.165) is 28.3 Å². The molecule has 2 rings (SSSR count). The normalized spacial score (nSPS) is 12.5. The van der Waals surface area contributed by atoms with E-state index >= 15 is 0 Å². The molecule has 0 spiro atoms. The summed E-state index contributed by atoms with van der Waals surface area (Å²) in [5.41, 5.74) is 5.68. The third-order valence-corrected chi connectivity index (χ3v) is 3.93. The quantitative estimate of drug-likeness (QED) is 0.930. The first-order valence-electron chi connectivity index (χ1n) is 6.85.